The van der Waals surface area contributed by atoms with Crippen molar-refractivity contribution in [3.8, 4) is 0 Å². The average molecular weight is 394 g/mol. The molecule has 0 saturated carbocycles. The van der Waals surface area contributed by atoms with Crippen molar-refractivity contribution in [3.63, 3.8) is 0 Å². The number of anilines is 1. The lowest BCUT2D eigenvalue weighted by Gasteiger charge is -2.06. The van der Waals surface area contributed by atoms with Crippen molar-refractivity contribution in [2.75, 3.05) is 18.1 Å². The van der Waals surface area contributed by atoms with Gasteiger partial charge < -0.3 is 5.32 Å². The molecular weight excluding hydrogens is 378 g/mol. The lowest BCUT2D eigenvalue weighted by molar-refractivity contribution is -0.113. The zero-order chi connectivity index (χ0) is 17.9. The van der Waals surface area contributed by atoms with Crippen molar-refractivity contribution < 1.29 is 13.2 Å². The molecule has 1 heterocycles. The highest BCUT2D eigenvalue weighted by atomic mass is 32.2. The molecule has 1 aromatic heterocycles. The number of nitrogens with one attached hydrogen (secondary N) is 2. The zero-order valence-corrected chi connectivity index (χ0v) is 15.7. The van der Waals surface area contributed by atoms with Gasteiger partial charge in [0.2, 0.25) is 15.9 Å². The highest BCUT2D eigenvalue weighted by Gasteiger charge is 2.12. The van der Waals surface area contributed by atoms with Crippen LogP contribution in [-0.2, 0) is 14.8 Å². The van der Waals surface area contributed by atoms with Gasteiger partial charge in [-0.2, -0.15) is 0 Å². The van der Waals surface area contributed by atoms with Crippen LogP contribution in [0, 0.1) is 0 Å². The van der Waals surface area contributed by atoms with Gasteiger partial charge in [0.25, 0.3) is 0 Å². The molecule has 0 spiro atoms. The Morgan fingerprint density at radius 1 is 1.16 bits per heavy atom. The summed E-state index contributed by atoms with van der Waals surface area (Å²) in [5.74, 6) is 0.0598. The predicted molar refractivity (Wildman–Crippen MR) is 102 cm³/mol. The number of benzene rings is 2. The number of nitrogens with zero attached hydrogens (tertiary/aromatic N) is 1. The van der Waals surface area contributed by atoms with Gasteiger partial charge in [-0.15, -0.1) is 11.3 Å². The summed E-state index contributed by atoms with van der Waals surface area (Å²) in [5.41, 5.74) is 1.47. The number of aromatic nitrogens is 1. The predicted octanol–water partition coefficient (Wildman–Crippen LogP) is 2.94. The third kappa shape index (κ3) is 4.37. The number of para-hydroxylation sites is 1. The summed E-state index contributed by atoms with van der Waals surface area (Å²) in [4.78, 5) is 16.7. The fraction of sp³-hybridized carbons (Fsp3) is 0.125. The maximum Gasteiger partial charge on any atom is 0.240 e. The molecule has 0 fully saturated rings. The van der Waals surface area contributed by atoms with Crippen LogP contribution < -0.4 is 10.0 Å². The van der Waals surface area contributed by atoms with Crippen LogP contribution in [0.15, 0.2) is 57.8 Å². The van der Waals surface area contributed by atoms with E-state index in [0.29, 0.717) is 5.69 Å². The second kappa shape index (κ2) is 7.52. The molecule has 0 radical (unpaired) electrons. The maximum atomic E-state index is 12.1. The Balaban J connectivity index is 1.59. The van der Waals surface area contributed by atoms with Gasteiger partial charge >= 0.3 is 0 Å². The van der Waals surface area contributed by atoms with Gasteiger partial charge in [0, 0.05) is 5.69 Å². The normalized spacial score (nSPS) is 11.6. The Labute approximate surface area is 153 Å². The Morgan fingerprint density at radius 2 is 1.88 bits per heavy atom. The van der Waals surface area contributed by atoms with Crippen molar-refractivity contribution in [2.24, 2.45) is 0 Å². The number of hydrogen-bond donors (Lipinski definition) is 2. The standard InChI is InChI=1S/C16H15N3O3S3/c1-17-25(21,22)12-8-6-11(7-9-12)18-15(20)10-23-16-19-13-4-2-3-5-14(13)24-16/h2-9,17H,10H2,1H3,(H,18,20). The highest BCUT2D eigenvalue weighted by molar-refractivity contribution is 8.01. The Kier molecular flexibility index (Phi) is 5.38. The van der Waals surface area contributed by atoms with Crippen LogP contribution >= 0.6 is 23.1 Å². The number of sulfonamides is 1. The number of amides is 1. The van der Waals surface area contributed by atoms with Gasteiger partial charge in [0.15, 0.2) is 4.34 Å². The first kappa shape index (κ1) is 17.9. The number of fused-ring (bicyclic) bond motifs is 1. The molecule has 1 amide bonds. The topological polar surface area (TPSA) is 88.2 Å². The molecule has 6 nitrogen and oxygen atoms in total. The lowest BCUT2D eigenvalue weighted by atomic mass is 10.3. The SMILES string of the molecule is CNS(=O)(=O)c1ccc(NC(=O)CSc2nc3ccccc3s2)cc1. The monoisotopic (exact) mass is 393 g/mol. The summed E-state index contributed by atoms with van der Waals surface area (Å²) in [5, 5.41) is 2.74. The van der Waals surface area contributed by atoms with Gasteiger partial charge in [0.1, 0.15) is 0 Å². The van der Waals surface area contributed by atoms with Crippen LogP contribution in [0.1, 0.15) is 0 Å². The first-order valence-corrected chi connectivity index (χ1v) is 10.6. The summed E-state index contributed by atoms with van der Waals surface area (Å²) in [6, 6.07) is 13.8. The van der Waals surface area contributed by atoms with Crippen LogP contribution in [-0.4, -0.2) is 32.1 Å². The molecule has 3 rings (SSSR count). The van der Waals surface area contributed by atoms with Crippen molar-refractivity contribution in [1.29, 1.82) is 0 Å². The van der Waals surface area contributed by atoms with E-state index in [-0.39, 0.29) is 16.6 Å². The van der Waals surface area contributed by atoms with E-state index in [1.807, 2.05) is 24.3 Å². The van der Waals surface area contributed by atoms with Gasteiger partial charge in [-0.3, -0.25) is 4.79 Å². The van der Waals surface area contributed by atoms with Crippen LogP contribution in [0.2, 0.25) is 0 Å². The molecule has 0 aliphatic heterocycles. The first-order chi connectivity index (χ1) is 12.0. The Hall–Kier alpha value is -1.94. The van der Waals surface area contributed by atoms with Crippen molar-refractivity contribution in [1.82, 2.24) is 9.71 Å². The molecule has 0 aliphatic rings. The van der Waals surface area contributed by atoms with Gasteiger partial charge in [-0.25, -0.2) is 18.1 Å². The number of carbonyl (C=O) groups excluding carboxylic acids is 1. The van der Waals surface area contributed by atoms with E-state index >= 15 is 0 Å². The molecule has 0 atom stereocenters. The number of thioether (sulfide) groups is 1. The van der Waals surface area contributed by atoms with E-state index in [1.54, 1.807) is 23.5 Å². The summed E-state index contributed by atoms with van der Waals surface area (Å²) in [7, 11) is -2.12. The summed E-state index contributed by atoms with van der Waals surface area (Å²) in [6.07, 6.45) is 0. The molecule has 130 valence electrons. The van der Waals surface area contributed by atoms with Crippen molar-refractivity contribution >= 4 is 54.9 Å². The Morgan fingerprint density at radius 3 is 2.56 bits per heavy atom. The summed E-state index contributed by atoms with van der Waals surface area (Å²) >= 11 is 2.92. The minimum absolute atomic E-state index is 0.150. The van der Waals surface area contributed by atoms with Crippen LogP contribution in [0.4, 0.5) is 5.69 Å². The van der Waals surface area contributed by atoms with Gasteiger partial charge in [-0.1, -0.05) is 23.9 Å². The van der Waals surface area contributed by atoms with Crippen LogP contribution in [0.5, 0.6) is 0 Å². The second-order valence-electron chi connectivity index (χ2n) is 5.02. The molecule has 25 heavy (non-hydrogen) atoms. The molecule has 0 bridgehead atoms. The lowest BCUT2D eigenvalue weighted by Crippen LogP contribution is -2.18. The van der Waals surface area contributed by atoms with Gasteiger partial charge in [-0.05, 0) is 43.4 Å². The van der Waals surface area contributed by atoms with E-state index in [9.17, 15) is 13.2 Å². The van der Waals surface area contributed by atoms with Crippen molar-refractivity contribution in [3.05, 3.63) is 48.5 Å². The number of carbonyl (C=O) groups is 1. The fourth-order valence-electron chi connectivity index (χ4n) is 2.07. The van der Waals surface area contributed by atoms with E-state index in [4.69, 9.17) is 0 Å². The zero-order valence-electron chi connectivity index (χ0n) is 13.2. The fourth-order valence-corrected chi connectivity index (χ4v) is 4.67. The van der Waals surface area contributed by atoms with E-state index in [2.05, 4.69) is 15.0 Å². The number of rotatable bonds is 6. The largest absolute Gasteiger partial charge is 0.325 e. The van der Waals surface area contributed by atoms with Crippen molar-refractivity contribution in [2.45, 2.75) is 9.24 Å². The number of hydrogen-bond acceptors (Lipinski definition) is 6. The maximum absolute atomic E-state index is 12.1. The van der Waals surface area contributed by atoms with Crippen LogP contribution in [0.3, 0.4) is 0 Å². The molecule has 0 unspecified atom stereocenters. The summed E-state index contributed by atoms with van der Waals surface area (Å²) in [6.45, 7) is 0. The average Bonchev–Trinajstić information content (AvgIpc) is 3.03. The number of thiazole rings is 1. The minimum atomic E-state index is -3.48. The van der Waals surface area contributed by atoms with E-state index in [0.717, 1.165) is 14.6 Å². The molecule has 0 aliphatic carbocycles. The Bertz CT molecular complexity index is 965. The molecule has 0 saturated heterocycles. The third-order valence-corrected chi connectivity index (χ3v) is 6.93. The smallest absolute Gasteiger partial charge is 0.240 e. The molecule has 3 aromatic rings. The first-order valence-electron chi connectivity index (χ1n) is 7.30. The van der Waals surface area contributed by atoms with E-state index in [1.165, 1.54) is 30.9 Å². The van der Waals surface area contributed by atoms with E-state index < -0.39 is 10.0 Å². The highest BCUT2D eigenvalue weighted by Crippen LogP contribution is 2.29. The molecule has 2 aromatic carbocycles. The summed E-state index contributed by atoms with van der Waals surface area (Å²) < 4.78 is 27.5. The minimum Gasteiger partial charge on any atom is -0.325 e. The molecular formula is C16H15N3O3S3. The van der Waals surface area contributed by atoms with Gasteiger partial charge in [0.05, 0.1) is 20.9 Å². The molecule has 9 heteroatoms. The second-order valence-corrected chi connectivity index (χ2v) is 9.16. The third-order valence-electron chi connectivity index (χ3n) is 3.32. The quantitative estimate of drug-likeness (QED) is 0.629. The van der Waals surface area contributed by atoms with Crippen LogP contribution in [0.25, 0.3) is 10.2 Å². The molecule has 2 N–H and O–H groups in total.